The lowest BCUT2D eigenvalue weighted by Gasteiger charge is -2.36. The summed E-state index contributed by atoms with van der Waals surface area (Å²) in [6.07, 6.45) is 1.13. The summed E-state index contributed by atoms with van der Waals surface area (Å²) in [5.74, 6) is 1.51. The molecule has 1 rings (SSSR count). The third kappa shape index (κ3) is 4.68. The van der Waals surface area contributed by atoms with Gasteiger partial charge in [-0.25, -0.2) is 0 Å². The fourth-order valence-electron chi connectivity index (χ4n) is 3.01. The second-order valence-electron chi connectivity index (χ2n) is 7.25. The largest absolute Gasteiger partial charge is 0.380 e. The highest BCUT2D eigenvalue weighted by Gasteiger charge is 2.44. The van der Waals surface area contributed by atoms with Crippen molar-refractivity contribution in [2.45, 2.75) is 73.1 Å². The van der Waals surface area contributed by atoms with Gasteiger partial charge >= 0.3 is 0 Å². The molecule has 1 saturated heterocycles. The smallest absolute Gasteiger partial charge is 0.241 e. The predicted molar refractivity (Wildman–Crippen MR) is 87.0 cm³/mol. The maximum Gasteiger partial charge on any atom is 0.241 e. The van der Waals surface area contributed by atoms with E-state index >= 15 is 0 Å². The van der Waals surface area contributed by atoms with Gasteiger partial charge in [0.1, 0.15) is 0 Å². The maximum atomic E-state index is 12.9. The van der Waals surface area contributed by atoms with E-state index in [-0.39, 0.29) is 24.2 Å². The third-order valence-electron chi connectivity index (χ3n) is 4.21. The number of nitrogens with zero attached hydrogens (tertiary/aromatic N) is 1. The van der Waals surface area contributed by atoms with E-state index in [0.717, 1.165) is 6.42 Å². The summed E-state index contributed by atoms with van der Waals surface area (Å²) >= 11 is 0. The van der Waals surface area contributed by atoms with Crippen LogP contribution in [0, 0.1) is 17.8 Å². The first-order valence-corrected chi connectivity index (χ1v) is 8.45. The van der Waals surface area contributed by atoms with Crippen LogP contribution < -0.4 is 5.32 Å². The van der Waals surface area contributed by atoms with Gasteiger partial charge in [0.25, 0.3) is 0 Å². The zero-order chi connectivity index (χ0) is 16.2. The zero-order valence-corrected chi connectivity index (χ0v) is 14.8. The van der Waals surface area contributed by atoms with Crippen LogP contribution in [0.1, 0.15) is 54.9 Å². The molecule has 0 saturated carbocycles. The third-order valence-corrected chi connectivity index (χ3v) is 4.21. The number of carbonyl (C=O) groups excluding carboxylic acids is 1. The number of hydrogen-bond donors (Lipinski definition) is 1. The Morgan fingerprint density at radius 2 is 1.81 bits per heavy atom. The molecule has 0 aromatic rings. The van der Waals surface area contributed by atoms with Gasteiger partial charge in [-0.2, -0.15) is 0 Å². The molecule has 0 bridgehead atoms. The van der Waals surface area contributed by atoms with Crippen molar-refractivity contribution in [2.24, 2.45) is 17.8 Å². The molecule has 0 aromatic carbocycles. The Morgan fingerprint density at radius 3 is 2.24 bits per heavy atom. The normalized spacial score (nSPS) is 24.7. The van der Waals surface area contributed by atoms with E-state index in [2.05, 4.69) is 51.8 Å². The highest BCUT2D eigenvalue weighted by Crippen LogP contribution is 2.26. The van der Waals surface area contributed by atoms with Crippen LogP contribution in [-0.2, 0) is 9.53 Å². The molecular formula is C17H34N2O2. The van der Waals surface area contributed by atoms with Crippen LogP contribution in [0.3, 0.4) is 0 Å². The molecule has 0 spiro atoms. The second kappa shape index (κ2) is 8.14. The minimum atomic E-state index is -0.0587. The van der Waals surface area contributed by atoms with E-state index in [0.29, 0.717) is 31.0 Å². The average molecular weight is 298 g/mol. The topological polar surface area (TPSA) is 41.6 Å². The van der Waals surface area contributed by atoms with Crippen LogP contribution in [0.15, 0.2) is 0 Å². The molecule has 3 atom stereocenters. The summed E-state index contributed by atoms with van der Waals surface area (Å²) in [7, 11) is 0. The molecular weight excluding hydrogens is 264 g/mol. The van der Waals surface area contributed by atoms with E-state index < -0.39 is 0 Å². The van der Waals surface area contributed by atoms with Crippen molar-refractivity contribution in [1.29, 1.82) is 0 Å². The van der Waals surface area contributed by atoms with Crippen molar-refractivity contribution in [3.05, 3.63) is 0 Å². The fourth-order valence-corrected chi connectivity index (χ4v) is 3.01. The molecule has 1 N–H and O–H groups in total. The minimum Gasteiger partial charge on any atom is -0.380 e. The summed E-state index contributed by atoms with van der Waals surface area (Å²) in [5, 5.41) is 3.55. The maximum absolute atomic E-state index is 12.9. The van der Waals surface area contributed by atoms with Crippen LogP contribution in [0.25, 0.3) is 0 Å². The van der Waals surface area contributed by atoms with Gasteiger partial charge in [-0.1, -0.05) is 41.5 Å². The Balaban J connectivity index is 2.96. The van der Waals surface area contributed by atoms with Gasteiger partial charge in [-0.05, 0) is 31.1 Å². The molecule has 4 heteroatoms. The van der Waals surface area contributed by atoms with Gasteiger partial charge in [0.05, 0.1) is 24.9 Å². The quantitative estimate of drug-likeness (QED) is 0.749. The van der Waals surface area contributed by atoms with Gasteiger partial charge in [-0.3, -0.25) is 10.1 Å². The van der Waals surface area contributed by atoms with E-state index in [1.807, 2.05) is 6.92 Å². The molecule has 21 heavy (non-hydrogen) atoms. The van der Waals surface area contributed by atoms with Crippen molar-refractivity contribution >= 4 is 5.91 Å². The highest BCUT2D eigenvalue weighted by atomic mass is 16.5. The number of hydrogen-bond acceptors (Lipinski definition) is 3. The molecule has 3 unspecified atom stereocenters. The van der Waals surface area contributed by atoms with Gasteiger partial charge in [0, 0.05) is 6.61 Å². The van der Waals surface area contributed by atoms with Gasteiger partial charge in [0.2, 0.25) is 5.91 Å². The van der Waals surface area contributed by atoms with Gasteiger partial charge < -0.3 is 9.64 Å². The van der Waals surface area contributed by atoms with Crippen molar-refractivity contribution in [3.63, 3.8) is 0 Å². The molecule has 1 aliphatic heterocycles. The fraction of sp³-hybridized carbons (Fsp3) is 0.941. The lowest BCUT2D eigenvalue weighted by Crippen LogP contribution is -2.49. The van der Waals surface area contributed by atoms with Crippen LogP contribution in [0.2, 0.25) is 0 Å². The van der Waals surface area contributed by atoms with E-state index in [9.17, 15) is 4.79 Å². The van der Waals surface area contributed by atoms with Crippen molar-refractivity contribution < 1.29 is 9.53 Å². The Hall–Kier alpha value is -0.610. The Labute approximate surface area is 130 Å². The number of ether oxygens (including phenoxy) is 1. The molecule has 0 aromatic heterocycles. The Bertz CT molecular complexity index is 329. The summed E-state index contributed by atoms with van der Waals surface area (Å²) in [6, 6.07) is 0.0917. The predicted octanol–water partition coefficient (Wildman–Crippen LogP) is 2.88. The Kier molecular flexibility index (Phi) is 7.14. The number of rotatable bonds is 8. The van der Waals surface area contributed by atoms with Crippen LogP contribution in [0.4, 0.5) is 0 Å². The molecule has 1 fully saturated rings. The summed E-state index contributed by atoms with van der Waals surface area (Å²) < 4.78 is 5.65. The molecule has 0 radical (unpaired) electrons. The van der Waals surface area contributed by atoms with Crippen molar-refractivity contribution in [2.75, 3.05) is 13.2 Å². The number of nitrogens with one attached hydrogen (secondary N) is 1. The molecule has 1 heterocycles. The zero-order valence-electron chi connectivity index (χ0n) is 14.8. The lowest BCUT2D eigenvalue weighted by atomic mass is 10.00. The summed E-state index contributed by atoms with van der Waals surface area (Å²) in [5.41, 5.74) is 0. The summed E-state index contributed by atoms with van der Waals surface area (Å²) in [6.45, 7) is 16.3. The average Bonchev–Trinajstić information content (AvgIpc) is 2.67. The molecule has 0 aliphatic carbocycles. The number of amides is 1. The van der Waals surface area contributed by atoms with Crippen LogP contribution in [-0.4, -0.2) is 42.3 Å². The Morgan fingerprint density at radius 1 is 1.19 bits per heavy atom. The van der Waals surface area contributed by atoms with Gasteiger partial charge in [0.15, 0.2) is 0 Å². The van der Waals surface area contributed by atoms with Crippen LogP contribution >= 0.6 is 0 Å². The molecule has 1 aliphatic rings. The van der Waals surface area contributed by atoms with E-state index in [4.69, 9.17) is 4.74 Å². The second-order valence-corrected chi connectivity index (χ2v) is 7.25. The van der Waals surface area contributed by atoms with Crippen LogP contribution in [0.5, 0.6) is 0 Å². The lowest BCUT2D eigenvalue weighted by molar-refractivity contribution is -0.135. The van der Waals surface area contributed by atoms with Gasteiger partial charge in [-0.15, -0.1) is 0 Å². The first-order chi connectivity index (χ1) is 9.79. The highest BCUT2D eigenvalue weighted by molar-refractivity contribution is 5.85. The standard InChI is InChI=1S/C17H34N2O2/c1-8-21-10-14(12(4)5)19-15(9-11(2)3)18-16(13(6)7)17(19)20/h11-16,18H,8-10H2,1-7H3. The summed E-state index contributed by atoms with van der Waals surface area (Å²) in [4.78, 5) is 14.9. The van der Waals surface area contributed by atoms with E-state index in [1.54, 1.807) is 0 Å². The molecule has 124 valence electrons. The van der Waals surface area contributed by atoms with E-state index in [1.165, 1.54) is 0 Å². The SMILES string of the molecule is CCOCC(C(C)C)N1C(=O)C(C(C)C)NC1CC(C)C. The molecule has 1 amide bonds. The first-order valence-electron chi connectivity index (χ1n) is 8.45. The van der Waals surface area contributed by atoms with Crippen molar-refractivity contribution in [1.82, 2.24) is 10.2 Å². The monoisotopic (exact) mass is 298 g/mol. The minimum absolute atomic E-state index is 0.0587. The number of carbonyl (C=O) groups is 1. The molecule has 4 nitrogen and oxygen atoms in total. The van der Waals surface area contributed by atoms with Crippen molar-refractivity contribution in [3.8, 4) is 0 Å². The first kappa shape index (κ1) is 18.4.